The molecule has 3 nitrogen and oxygen atoms in total. The molecule has 98 valence electrons. The van der Waals surface area contributed by atoms with Crippen molar-refractivity contribution in [3.8, 4) is 0 Å². The van der Waals surface area contributed by atoms with Crippen LogP contribution in [0.5, 0.6) is 0 Å². The number of anilines is 1. The van der Waals surface area contributed by atoms with Crippen LogP contribution in [0.25, 0.3) is 0 Å². The molecular formula is C15H14INO2. The molecule has 0 aromatic heterocycles. The highest BCUT2D eigenvalue weighted by molar-refractivity contribution is 14.1. The number of nitrogens with zero attached hydrogens (tertiary/aromatic N) is 1. The molecule has 0 spiro atoms. The van der Waals surface area contributed by atoms with Crippen molar-refractivity contribution in [3.63, 3.8) is 0 Å². The van der Waals surface area contributed by atoms with Gasteiger partial charge in [-0.05, 0) is 66.6 Å². The Morgan fingerprint density at radius 1 is 1.11 bits per heavy atom. The Kier molecular flexibility index (Phi) is 3.20. The molecule has 1 heterocycles. The van der Waals surface area contributed by atoms with E-state index in [9.17, 15) is 9.59 Å². The summed E-state index contributed by atoms with van der Waals surface area (Å²) in [5.74, 6) is -0.393. The number of rotatable bonds is 1. The summed E-state index contributed by atoms with van der Waals surface area (Å²) in [5, 5.41) is 0. The van der Waals surface area contributed by atoms with E-state index in [1.54, 1.807) is 0 Å². The third kappa shape index (κ3) is 2.12. The Labute approximate surface area is 125 Å². The smallest absolute Gasteiger partial charge is 0.238 e. The van der Waals surface area contributed by atoms with Crippen LogP contribution in [0.15, 0.2) is 35.9 Å². The van der Waals surface area contributed by atoms with Gasteiger partial charge in [-0.2, -0.15) is 0 Å². The van der Waals surface area contributed by atoms with Crippen LogP contribution in [0.4, 0.5) is 5.69 Å². The number of carbonyl (C=O) groups is 2. The molecule has 0 bridgehead atoms. The maximum atomic E-state index is 12.5. The minimum Gasteiger partial charge on any atom is -0.274 e. The van der Waals surface area contributed by atoms with Gasteiger partial charge in [0.1, 0.15) is 0 Å². The van der Waals surface area contributed by atoms with Crippen LogP contribution < -0.4 is 4.90 Å². The van der Waals surface area contributed by atoms with Crippen molar-refractivity contribution in [3.05, 3.63) is 39.5 Å². The Hall–Kier alpha value is -1.17. The standard InChI is InChI=1S/C15H14INO2/c1-9-2-7-12-13(8-9)15(19)17(14(12)18)11-5-3-10(16)4-6-11/h2-6,12-13H,7-8H2,1H3/t12-,13+/m0/s1. The number of fused-ring (bicyclic) bond motifs is 1. The van der Waals surface area contributed by atoms with Crippen LogP contribution >= 0.6 is 22.6 Å². The minimum absolute atomic E-state index is 0.0383. The third-order valence-corrected chi connectivity index (χ3v) is 4.63. The highest BCUT2D eigenvalue weighted by atomic mass is 127. The molecule has 19 heavy (non-hydrogen) atoms. The lowest BCUT2D eigenvalue weighted by Crippen LogP contribution is -2.30. The van der Waals surface area contributed by atoms with E-state index >= 15 is 0 Å². The number of carbonyl (C=O) groups excluding carboxylic acids is 2. The van der Waals surface area contributed by atoms with E-state index in [-0.39, 0.29) is 23.7 Å². The lowest BCUT2D eigenvalue weighted by molar-refractivity contribution is -0.122. The number of amides is 2. The van der Waals surface area contributed by atoms with Crippen molar-refractivity contribution < 1.29 is 9.59 Å². The Morgan fingerprint density at radius 2 is 1.74 bits per heavy atom. The zero-order valence-electron chi connectivity index (χ0n) is 10.6. The molecule has 1 aromatic rings. The van der Waals surface area contributed by atoms with Crippen LogP contribution in [0.3, 0.4) is 0 Å². The fourth-order valence-corrected chi connectivity index (χ4v) is 3.24. The van der Waals surface area contributed by atoms with Gasteiger partial charge in [0.05, 0.1) is 17.5 Å². The van der Waals surface area contributed by atoms with Crippen molar-refractivity contribution in [2.24, 2.45) is 11.8 Å². The van der Waals surface area contributed by atoms with Crippen LogP contribution in [-0.2, 0) is 9.59 Å². The van der Waals surface area contributed by atoms with Gasteiger partial charge in [-0.3, -0.25) is 14.5 Å². The van der Waals surface area contributed by atoms with E-state index < -0.39 is 0 Å². The number of halogens is 1. The second-order valence-electron chi connectivity index (χ2n) is 5.19. The van der Waals surface area contributed by atoms with E-state index in [0.29, 0.717) is 12.1 Å². The van der Waals surface area contributed by atoms with Crippen LogP contribution in [0, 0.1) is 15.4 Å². The highest BCUT2D eigenvalue weighted by Gasteiger charge is 2.48. The van der Waals surface area contributed by atoms with E-state index in [4.69, 9.17) is 0 Å². The zero-order chi connectivity index (χ0) is 13.6. The van der Waals surface area contributed by atoms with E-state index in [1.807, 2.05) is 31.2 Å². The molecule has 1 aliphatic heterocycles. The lowest BCUT2D eigenvalue weighted by atomic mass is 9.82. The van der Waals surface area contributed by atoms with Crippen molar-refractivity contribution >= 4 is 40.1 Å². The van der Waals surface area contributed by atoms with Gasteiger partial charge in [0.2, 0.25) is 11.8 Å². The summed E-state index contributed by atoms with van der Waals surface area (Å²) in [4.78, 5) is 26.2. The normalized spacial score (nSPS) is 26.4. The molecule has 1 aromatic carbocycles. The summed E-state index contributed by atoms with van der Waals surface area (Å²) in [6.45, 7) is 2.03. The Bertz CT molecular complexity index is 576. The van der Waals surface area contributed by atoms with Gasteiger partial charge in [-0.15, -0.1) is 0 Å². The highest BCUT2D eigenvalue weighted by Crippen LogP contribution is 2.39. The summed E-state index contributed by atoms with van der Waals surface area (Å²) in [5.41, 5.74) is 1.91. The van der Waals surface area contributed by atoms with E-state index in [0.717, 1.165) is 9.99 Å². The first-order valence-electron chi connectivity index (χ1n) is 6.37. The third-order valence-electron chi connectivity index (χ3n) is 3.91. The molecule has 1 aliphatic carbocycles. The van der Waals surface area contributed by atoms with E-state index in [1.165, 1.54) is 10.5 Å². The minimum atomic E-state index is -0.157. The topological polar surface area (TPSA) is 37.4 Å². The number of imide groups is 1. The van der Waals surface area contributed by atoms with Crippen molar-refractivity contribution in [2.45, 2.75) is 19.8 Å². The number of hydrogen-bond donors (Lipinski definition) is 0. The van der Waals surface area contributed by atoms with Crippen molar-refractivity contribution in [1.29, 1.82) is 0 Å². The van der Waals surface area contributed by atoms with Gasteiger partial charge in [0.15, 0.2) is 0 Å². The fourth-order valence-electron chi connectivity index (χ4n) is 2.88. The quantitative estimate of drug-likeness (QED) is 0.435. The van der Waals surface area contributed by atoms with Gasteiger partial charge in [-0.1, -0.05) is 11.6 Å². The van der Waals surface area contributed by atoms with Gasteiger partial charge < -0.3 is 0 Å². The lowest BCUT2D eigenvalue weighted by Gasteiger charge is -2.18. The first kappa shape index (κ1) is 12.8. The van der Waals surface area contributed by atoms with Crippen molar-refractivity contribution in [1.82, 2.24) is 0 Å². The second kappa shape index (κ2) is 4.74. The van der Waals surface area contributed by atoms with Crippen LogP contribution in [0.2, 0.25) is 0 Å². The summed E-state index contributed by atoms with van der Waals surface area (Å²) in [7, 11) is 0. The summed E-state index contributed by atoms with van der Waals surface area (Å²) >= 11 is 2.21. The van der Waals surface area contributed by atoms with Crippen LogP contribution in [-0.4, -0.2) is 11.8 Å². The Morgan fingerprint density at radius 3 is 2.42 bits per heavy atom. The monoisotopic (exact) mass is 367 g/mol. The zero-order valence-corrected chi connectivity index (χ0v) is 12.8. The molecule has 4 heteroatoms. The molecular weight excluding hydrogens is 353 g/mol. The molecule has 2 atom stereocenters. The van der Waals surface area contributed by atoms with Gasteiger partial charge in [0.25, 0.3) is 0 Å². The summed E-state index contributed by atoms with van der Waals surface area (Å²) in [6.07, 6.45) is 3.50. The predicted molar refractivity (Wildman–Crippen MR) is 81.6 cm³/mol. The molecule has 0 unspecified atom stereocenters. The predicted octanol–water partition coefficient (Wildman–Crippen LogP) is 3.14. The first-order valence-corrected chi connectivity index (χ1v) is 7.45. The molecule has 2 amide bonds. The van der Waals surface area contributed by atoms with E-state index in [2.05, 4.69) is 28.7 Å². The van der Waals surface area contributed by atoms with Gasteiger partial charge >= 0.3 is 0 Å². The molecule has 1 fully saturated rings. The largest absolute Gasteiger partial charge is 0.274 e. The number of benzene rings is 1. The average Bonchev–Trinajstić information content (AvgIpc) is 2.63. The SMILES string of the molecule is CC1=CC[C@@H]2C(=O)N(c3ccc(I)cc3)C(=O)[C@@H]2C1. The molecule has 1 saturated heterocycles. The summed E-state index contributed by atoms with van der Waals surface area (Å²) in [6, 6.07) is 7.52. The molecule has 0 radical (unpaired) electrons. The molecule has 0 N–H and O–H groups in total. The average molecular weight is 367 g/mol. The Balaban J connectivity index is 1.95. The maximum Gasteiger partial charge on any atom is 0.238 e. The van der Waals surface area contributed by atoms with Gasteiger partial charge in [-0.25, -0.2) is 0 Å². The van der Waals surface area contributed by atoms with Crippen LogP contribution in [0.1, 0.15) is 19.8 Å². The molecule has 3 rings (SSSR count). The van der Waals surface area contributed by atoms with Gasteiger partial charge in [0, 0.05) is 3.57 Å². The first-order chi connectivity index (χ1) is 9.08. The van der Waals surface area contributed by atoms with Crippen molar-refractivity contribution in [2.75, 3.05) is 4.90 Å². The molecule has 0 saturated carbocycles. The number of hydrogen-bond acceptors (Lipinski definition) is 2. The fraction of sp³-hybridized carbons (Fsp3) is 0.333. The number of allylic oxidation sites excluding steroid dienone is 2. The summed E-state index contributed by atoms with van der Waals surface area (Å²) < 4.78 is 1.09. The molecule has 2 aliphatic rings. The maximum absolute atomic E-state index is 12.5. The second-order valence-corrected chi connectivity index (χ2v) is 6.44.